The van der Waals surface area contributed by atoms with Gasteiger partial charge >= 0.3 is 0 Å². The Labute approximate surface area is 127 Å². The van der Waals surface area contributed by atoms with E-state index in [9.17, 15) is 8.78 Å². The molecule has 0 heterocycles. The minimum atomic E-state index is -0.503. The standard InChI is InChI=1S/C16H16ClF2NO/c1-2-20-9-11-4-3-5-14(17)16(11)21-10-12-8-13(18)6-7-15(12)19/h3-8,20H,2,9-10H2,1H3. The maximum atomic E-state index is 13.6. The van der Waals surface area contributed by atoms with E-state index in [1.807, 2.05) is 19.1 Å². The third-order valence-electron chi connectivity index (χ3n) is 2.99. The van der Waals surface area contributed by atoms with Gasteiger partial charge in [-0.1, -0.05) is 30.7 Å². The Morgan fingerprint density at radius 3 is 2.71 bits per heavy atom. The molecule has 21 heavy (non-hydrogen) atoms. The summed E-state index contributed by atoms with van der Waals surface area (Å²) >= 11 is 6.13. The van der Waals surface area contributed by atoms with Crippen molar-refractivity contribution in [3.63, 3.8) is 0 Å². The van der Waals surface area contributed by atoms with Gasteiger partial charge in [0.25, 0.3) is 0 Å². The van der Waals surface area contributed by atoms with Gasteiger partial charge in [0.15, 0.2) is 0 Å². The van der Waals surface area contributed by atoms with Crippen LogP contribution in [0.3, 0.4) is 0 Å². The summed E-state index contributed by atoms with van der Waals surface area (Å²) in [6.45, 7) is 3.32. The largest absolute Gasteiger partial charge is 0.487 e. The van der Waals surface area contributed by atoms with Crippen LogP contribution in [0.5, 0.6) is 5.75 Å². The first kappa shape index (κ1) is 15.7. The second-order valence-electron chi connectivity index (χ2n) is 4.53. The van der Waals surface area contributed by atoms with Crippen molar-refractivity contribution in [1.82, 2.24) is 5.32 Å². The first-order chi connectivity index (χ1) is 10.1. The van der Waals surface area contributed by atoms with E-state index in [2.05, 4.69) is 5.32 Å². The number of benzene rings is 2. The van der Waals surface area contributed by atoms with Crippen molar-refractivity contribution in [1.29, 1.82) is 0 Å². The summed E-state index contributed by atoms with van der Waals surface area (Å²) in [6, 6.07) is 8.69. The smallest absolute Gasteiger partial charge is 0.142 e. The number of halogens is 3. The summed E-state index contributed by atoms with van der Waals surface area (Å²) in [5.74, 6) is -0.512. The quantitative estimate of drug-likeness (QED) is 0.858. The Hall–Kier alpha value is -1.65. The molecule has 112 valence electrons. The number of nitrogens with one attached hydrogen (secondary N) is 1. The van der Waals surface area contributed by atoms with Crippen LogP contribution in [0.1, 0.15) is 18.1 Å². The lowest BCUT2D eigenvalue weighted by molar-refractivity contribution is 0.295. The molecule has 2 nitrogen and oxygen atoms in total. The summed E-state index contributed by atoms with van der Waals surface area (Å²) in [4.78, 5) is 0. The molecule has 0 aliphatic carbocycles. The molecule has 2 aromatic rings. The molecule has 1 N–H and O–H groups in total. The Morgan fingerprint density at radius 2 is 1.95 bits per heavy atom. The Balaban J connectivity index is 2.17. The SMILES string of the molecule is CCNCc1cccc(Cl)c1OCc1cc(F)ccc1F. The second-order valence-corrected chi connectivity index (χ2v) is 4.94. The first-order valence-corrected chi connectivity index (χ1v) is 7.04. The minimum Gasteiger partial charge on any atom is -0.487 e. The van der Waals surface area contributed by atoms with Crippen molar-refractivity contribution in [2.75, 3.05) is 6.54 Å². The molecular formula is C16H16ClF2NO. The van der Waals surface area contributed by atoms with Crippen LogP contribution >= 0.6 is 11.6 Å². The highest BCUT2D eigenvalue weighted by molar-refractivity contribution is 6.32. The fraction of sp³-hybridized carbons (Fsp3) is 0.250. The Morgan fingerprint density at radius 1 is 1.14 bits per heavy atom. The van der Waals surface area contributed by atoms with Crippen molar-refractivity contribution < 1.29 is 13.5 Å². The van der Waals surface area contributed by atoms with E-state index < -0.39 is 11.6 Å². The zero-order chi connectivity index (χ0) is 15.2. The fourth-order valence-electron chi connectivity index (χ4n) is 1.92. The maximum Gasteiger partial charge on any atom is 0.142 e. The molecule has 0 aliphatic heterocycles. The number of rotatable bonds is 6. The Kier molecular flexibility index (Phi) is 5.53. The minimum absolute atomic E-state index is 0.0769. The highest BCUT2D eigenvalue weighted by atomic mass is 35.5. The van der Waals surface area contributed by atoms with Gasteiger partial charge in [0.2, 0.25) is 0 Å². The molecule has 0 saturated heterocycles. The predicted octanol–water partition coefficient (Wildman–Crippen LogP) is 4.31. The van der Waals surface area contributed by atoms with Crippen LogP contribution in [0.25, 0.3) is 0 Å². The number of hydrogen-bond acceptors (Lipinski definition) is 2. The lowest BCUT2D eigenvalue weighted by atomic mass is 10.2. The van der Waals surface area contributed by atoms with Gasteiger partial charge in [-0.2, -0.15) is 0 Å². The third kappa shape index (κ3) is 4.16. The fourth-order valence-corrected chi connectivity index (χ4v) is 2.17. The monoisotopic (exact) mass is 311 g/mol. The van der Waals surface area contributed by atoms with Gasteiger partial charge < -0.3 is 10.1 Å². The van der Waals surface area contributed by atoms with E-state index in [1.165, 1.54) is 0 Å². The van der Waals surface area contributed by atoms with Gasteiger partial charge in [-0.15, -0.1) is 0 Å². The van der Waals surface area contributed by atoms with Crippen molar-refractivity contribution in [2.45, 2.75) is 20.1 Å². The molecule has 0 bridgehead atoms. The molecular weight excluding hydrogens is 296 g/mol. The molecule has 0 unspecified atom stereocenters. The van der Waals surface area contributed by atoms with E-state index in [-0.39, 0.29) is 12.2 Å². The van der Waals surface area contributed by atoms with Gasteiger partial charge in [0.05, 0.1) is 5.02 Å². The normalized spacial score (nSPS) is 10.7. The average Bonchev–Trinajstić information content (AvgIpc) is 2.47. The van der Waals surface area contributed by atoms with Crippen LogP contribution in [0, 0.1) is 11.6 Å². The average molecular weight is 312 g/mol. The molecule has 2 rings (SSSR count). The summed E-state index contributed by atoms with van der Waals surface area (Å²) in [5.41, 5.74) is 1.03. The molecule has 5 heteroatoms. The molecule has 0 aromatic heterocycles. The van der Waals surface area contributed by atoms with Gasteiger partial charge in [-0.05, 0) is 30.8 Å². The van der Waals surface area contributed by atoms with E-state index in [0.29, 0.717) is 17.3 Å². The number of para-hydroxylation sites is 1. The molecule has 0 amide bonds. The molecule has 0 radical (unpaired) electrons. The zero-order valence-electron chi connectivity index (χ0n) is 11.6. The van der Waals surface area contributed by atoms with Gasteiger partial charge in [0, 0.05) is 17.7 Å². The molecule has 0 aliphatic rings. The van der Waals surface area contributed by atoms with E-state index in [4.69, 9.17) is 16.3 Å². The van der Waals surface area contributed by atoms with Gasteiger partial charge in [-0.25, -0.2) is 8.78 Å². The zero-order valence-corrected chi connectivity index (χ0v) is 12.4. The van der Waals surface area contributed by atoms with Crippen LogP contribution in [-0.4, -0.2) is 6.54 Å². The predicted molar refractivity (Wildman–Crippen MR) is 79.5 cm³/mol. The second kappa shape index (κ2) is 7.38. The molecule has 0 spiro atoms. The summed E-state index contributed by atoms with van der Waals surface area (Å²) in [7, 11) is 0. The van der Waals surface area contributed by atoms with Crippen LogP contribution in [0.4, 0.5) is 8.78 Å². The summed E-state index contributed by atoms with van der Waals surface area (Å²) in [6.07, 6.45) is 0. The summed E-state index contributed by atoms with van der Waals surface area (Å²) in [5, 5.41) is 3.62. The van der Waals surface area contributed by atoms with Crippen molar-refractivity contribution in [3.8, 4) is 5.75 Å². The van der Waals surface area contributed by atoms with Gasteiger partial charge in [-0.3, -0.25) is 0 Å². The molecule has 2 aromatic carbocycles. The number of ether oxygens (including phenoxy) is 1. The maximum absolute atomic E-state index is 13.6. The molecule has 0 fully saturated rings. The highest BCUT2D eigenvalue weighted by Crippen LogP contribution is 2.29. The third-order valence-corrected chi connectivity index (χ3v) is 3.29. The van der Waals surface area contributed by atoms with Crippen LogP contribution in [-0.2, 0) is 13.2 Å². The lowest BCUT2D eigenvalue weighted by Crippen LogP contribution is -2.13. The first-order valence-electron chi connectivity index (χ1n) is 6.66. The molecule has 0 saturated carbocycles. The number of hydrogen-bond donors (Lipinski definition) is 1. The van der Waals surface area contributed by atoms with Gasteiger partial charge in [0.1, 0.15) is 24.0 Å². The van der Waals surface area contributed by atoms with E-state index >= 15 is 0 Å². The summed E-state index contributed by atoms with van der Waals surface area (Å²) < 4.78 is 32.3. The van der Waals surface area contributed by atoms with Crippen molar-refractivity contribution in [3.05, 3.63) is 64.2 Å². The van der Waals surface area contributed by atoms with E-state index in [0.717, 1.165) is 30.3 Å². The highest BCUT2D eigenvalue weighted by Gasteiger charge is 2.10. The lowest BCUT2D eigenvalue weighted by Gasteiger charge is -2.14. The van der Waals surface area contributed by atoms with Crippen molar-refractivity contribution in [2.24, 2.45) is 0 Å². The van der Waals surface area contributed by atoms with Crippen LogP contribution in [0.2, 0.25) is 5.02 Å². The molecule has 0 atom stereocenters. The van der Waals surface area contributed by atoms with Crippen molar-refractivity contribution >= 4 is 11.6 Å². The van der Waals surface area contributed by atoms with Crippen LogP contribution in [0.15, 0.2) is 36.4 Å². The topological polar surface area (TPSA) is 21.3 Å². The van der Waals surface area contributed by atoms with E-state index in [1.54, 1.807) is 6.07 Å². The Bertz CT molecular complexity index is 619. The van der Waals surface area contributed by atoms with Crippen LogP contribution < -0.4 is 10.1 Å².